The van der Waals surface area contributed by atoms with Crippen molar-refractivity contribution < 1.29 is 23.0 Å². The van der Waals surface area contributed by atoms with E-state index in [0.717, 1.165) is 25.2 Å². The molecule has 0 spiro atoms. The number of carbonyl (C=O) groups is 1. The van der Waals surface area contributed by atoms with Gasteiger partial charge in [0.05, 0.1) is 12.2 Å². The van der Waals surface area contributed by atoms with E-state index >= 15 is 0 Å². The van der Waals surface area contributed by atoms with Gasteiger partial charge in [-0.2, -0.15) is 4.39 Å². The van der Waals surface area contributed by atoms with E-state index in [0.29, 0.717) is 30.3 Å². The Kier molecular flexibility index (Phi) is 13.8. The van der Waals surface area contributed by atoms with Crippen LogP contribution in [0.3, 0.4) is 0 Å². The highest BCUT2D eigenvalue weighted by molar-refractivity contribution is 5.91. The normalized spacial score (nSPS) is 17.2. The Bertz CT molecular complexity index is 981. The van der Waals surface area contributed by atoms with Crippen molar-refractivity contribution in [1.29, 1.82) is 0 Å². The topological polar surface area (TPSA) is 35.5 Å². The van der Waals surface area contributed by atoms with Crippen LogP contribution in [0.4, 0.5) is 8.78 Å². The van der Waals surface area contributed by atoms with Gasteiger partial charge in [0.15, 0.2) is 11.6 Å². The van der Waals surface area contributed by atoms with E-state index in [2.05, 4.69) is 13.8 Å². The van der Waals surface area contributed by atoms with Crippen molar-refractivity contribution in [2.24, 2.45) is 11.8 Å². The minimum absolute atomic E-state index is 0.260. The van der Waals surface area contributed by atoms with Crippen LogP contribution in [0.25, 0.3) is 0 Å². The van der Waals surface area contributed by atoms with E-state index < -0.39 is 17.6 Å². The van der Waals surface area contributed by atoms with Crippen LogP contribution in [0.5, 0.6) is 11.5 Å². The maximum atomic E-state index is 14.8. The maximum absolute atomic E-state index is 14.8. The zero-order valence-corrected chi connectivity index (χ0v) is 24.1. The molecule has 216 valence electrons. The molecule has 0 N–H and O–H groups in total. The van der Waals surface area contributed by atoms with Crippen LogP contribution in [0.15, 0.2) is 36.4 Å². The number of ether oxygens (including phenoxy) is 2. The molecule has 2 aromatic carbocycles. The summed E-state index contributed by atoms with van der Waals surface area (Å²) in [5.74, 6) is -1.02. The van der Waals surface area contributed by atoms with Crippen molar-refractivity contribution in [2.75, 3.05) is 6.61 Å². The molecule has 0 atom stereocenters. The Morgan fingerprint density at radius 2 is 1.36 bits per heavy atom. The Hall–Kier alpha value is -2.43. The zero-order valence-electron chi connectivity index (χ0n) is 24.1. The molecular formula is C34H48F2O3. The van der Waals surface area contributed by atoms with Crippen molar-refractivity contribution in [1.82, 2.24) is 0 Å². The third-order valence-electron chi connectivity index (χ3n) is 8.19. The number of aryl methyl sites for hydroxylation is 1. The predicted molar refractivity (Wildman–Crippen MR) is 155 cm³/mol. The van der Waals surface area contributed by atoms with Gasteiger partial charge >= 0.3 is 5.97 Å². The van der Waals surface area contributed by atoms with Gasteiger partial charge in [-0.25, -0.2) is 9.18 Å². The molecule has 0 aromatic heterocycles. The van der Waals surface area contributed by atoms with E-state index in [9.17, 15) is 13.6 Å². The summed E-state index contributed by atoms with van der Waals surface area (Å²) in [5.41, 5.74) is 0.611. The number of carbonyl (C=O) groups excluding carboxylic acids is 1. The molecule has 1 saturated carbocycles. The largest absolute Gasteiger partial charge is 0.494 e. The highest BCUT2D eigenvalue weighted by atomic mass is 19.2. The van der Waals surface area contributed by atoms with E-state index in [1.165, 1.54) is 83.1 Å². The summed E-state index contributed by atoms with van der Waals surface area (Å²) in [6, 6.07) is 9.49. The first-order valence-corrected chi connectivity index (χ1v) is 15.4. The monoisotopic (exact) mass is 542 g/mol. The van der Waals surface area contributed by atoms with Crippen molar-refractivity contribution in [3.63, 3.8) is 0 Å². The lowest BCUT2D eigenvalue weighted by molar-refractivity contribution is 0.0726. The molecule has 3 rings (SSSR count). The summed E-state index contributed by atoms with van der Waals surface area (Å²) < 4.78 is 40.5. The van der Waals surface area contributed by atoms with Crippen LogP contribution in [0.1, 0.15) is 126 Å². The minimum atomic E-state index is -1.10. The summed E-state index contributed by atoms with van der Waals surface area (Å²) in [4.78, 5) is 12.5. The molecule has 1 aliphatic carbocycles. The average molecular weight is 543 g/mol. The highest BCUT2D eigenvalue weighted by Gasteiger charge is 2.23. The molecule has 1 aliphatic rings. The molecule has 2 aromatic rings. The fraction of sp³-hybridized carbons (Fsp3) is 0.618. The number of halogens is 2. The number of benzene rings is 2. The number of esters is 1. The van der Waals surface area contributed by atoms with E-state index in [1.807, 2.05) is 0 Å². The lowest BCUT2D eigenvalue weighted by Gasteiger charge is -2.28. The van der Waals surface area contributed by atoms with Crippen molar-refractivity contribution in [2.45, 2.75) is 117 Å². The molecule has 39 heavy (non-hydrogen) atoms. The van der Waals surface area contributed by atoms with Gasteiger partial charge in [0.25, 0.3) is 0 Å². The van der Waals surface area contributed by atoms with Gasteiger partial charge in [-0.05, 0) is 67.0 Å². The van der Waals surface area contributed by atoms with Crippen LogP contribution < -0.4 is 9.47 Å². The van der Waals surface area contributed by atoms with Gasteiger partial charge in [0.1, 0.15) is 5.75 Å². The number of hydrogen-bond acceptors (Lipinski definition) is 3. The summed E-state index contributed by atoms with van der Waals surface area (Å²) in [5, 5.41) is 0. The van der Waals surface area contributed by atoms with Gasteiger partial charge in [0, 0.05) is 0 Å². The van der Waals surface area contributed by atoms with E-state index in [-0.39, 0.29) is 11.3 Å². The first-order valence-electron chi connectivity index (χ1n) is 15.4. The third kappa shape index (κ3) is 10.6. The molecule has 0 unspecified atom stereocenters. The minimum Gasteiger partial charge on any atom is -0.494 e. The first-order chi connectivity index (χ1) is 19.0. The van der Waals surface area contributed by atoms with Crippen molar-refractivity contribution >= 4 is 5.97 Å². The fourth-order valence-corrected chi connectivity index (χ4v) is 5.61. The molecule has 5 heteroatoms. The molecular weight excluding hydrogens is 494 g/mol. The molecule has 0 aliphatic heterocycles. The van der Waals surface area contributed by atoms with Crippen molar-refractivity contribution in [3.8, 4) is 11.5 Å². The Balaban J connectivity index is 1.42. The van der Waals surface area contributed by atoms with Crippen LogP contribution in [0, 0.1) is 23.5 Å². The Labute approximate surface area is 234 Å². The van der Waals surface area contributed by atoms with Crippen LogP contribution in [-0.2, 0) is 6.42 Å². The standard InChI is InChI=1S/C34H48F2O3/c1-3-5-7-8-9-11-25-38-30-22-19-29(20-23-30)34(37)39-31-24-21-28(32(35)33(31)36)18-17-27-15-13-26(14-16-27)12-10-6-4-2/h19-24,26-27H,3-18,25H2,1-2H3/t26-,27-. The summed E-state index contributed by atoms with van der Waals surface area (Å²) >= 11 is 0. The smallest absolute Gasteiger partial charge is 0.343 e. The number of unbranched alkanes of at least 4 members (excludes halogenated alkanes) is 7. The zero-order chi connectivity index (χ0) is 27.9. The van der Waals surface area contributed by atoms with Gasteiger partial charge in [0.2, 0.25) is 5.82 Å². The van der Waals surface area contributed by atoms with E-state index in [1.54, 1.807) is 30.3 Å². The van der Waals surface area contributed by atoms with Gasteiger partial charge < -0.3 is 9.47 Å². The van der Waals surface area contributed by atoms with Gasteiger partial charge in [-0.1, -0.05) is 103 Å². The van der Waals surface area contributed by atoms with Crippen molar-refractivity contribution in [3.05, 3.63) is 59.2 Å². The second kappa shape index (κ2) is 17.3. The Morgan fingerprint density at radius 1 is 0.744 bits per heavy atom. The van der Waals surface area contributed by atoms with Crippen LogP contribution in [0.2, 0.25) is 0 Å². The number of hydrogen-bond donors (Lipinski definition) is 0. The summed E-state index contributed by atoms with van der Waals surface area (Å²) in [6.07, 6.45) is 18.6. The first kappa shape index (κ1) is 31.1. The van der Waals surface area contributed by atoms with Gasteiger partial charge in [-0.3, -0.25) is 0 Å². The molecule has 3 nitrogen and oxygen atoms in total. The van der Waals surface area contributed by atoms with Crippen LogP contribution >= 0.6 is 0 Å². The lowest BCUT2D eigenvalue weighted by Crippen LogP contribution is -2.15. The molecule has 1 fully saturated rings. The SMILES string of the molecule is CCCCCCCCOc1ccc(C(=O)Oc2ccc(CC[C@H]3CC[C@H](CCCCC)CC3)c(F)c2F)cc1. The number of rotatable bonds is 17. The maximum Gasteiger partial charge on any atom is 0.343 e. The second-order valence-electron chi connectivity index (χ2n) is 11.3. The quantitative estimate of drug-likeness (QED) is 0.113. The molecule has 0 heterocycles. The summed E-state index contributed by atoms with van der Waals surface area (Å²) in [7, 11) is 0. The fourth-order valence-electron chi connectivity index (χ4n) is 5.61. The second-order valence-corrected chi connectivity index (χ2v) is 11.3. The lowest BCUT2D eigenvalue weighted by atomic mass is 9.78. The van der Waals surface area contributed by atoms with Gasteiger partial charge in [-0.15, -0.1) is 0 Å². The molecule has 0 amide bonds. The molecule has 0 radical (unpaired) electrons. The third-order valence-corrected chi connectivity index (χ3v) is 8.19. The predicted octanol–water partition coefficient (Wildman–Crippen LogP) is 10.2. The average Bonchev–Trinajstić information content (AvgIpc) is 2.96. The molecule has 0 saturated heterocycles. The molecule has 0 bridgehead atoms. The summed E-state index contributed by atoms with van der Waals surface area (Å²) in [6.45, 7) is 5.07. The van der Waals surface area contributed by atoms with E-state index in [4.69, 9.17) is 9.47 Å². The highest BCUT2D eigenvalue weighted by Crippen LogP contribution is 2.35. The van der Waals surface area contributed by atoms with Crippen LogP contribution in [-0.4, -0.2) is 12.6 Å². The Morgan fingerprint density at radius 3 is 2.05 bits per heavy atom.